The number of carboxylic acid groups (broad SMARTS) is 2. The van der Waals surface area contributed by atoms with Gasteiger partial charge in [0.15, 0.2) is 27.2 Å². The second kappa shape index (κ2) is 51.7. The van der Waals surface area contributed by atoms with E-state index in [1.807, 2.05) is 0 Å². The molecule has 0 spiro atoms. The molecule has 2 bridgehead atoms. The number of carbonyl (C=O) groups excluding carboxylic acids is 9. The highest BCUT2D eigenvalue weighted by molar-refractivity contribution is 7.78. The first-order valence-corrected chi connectivity index (χ1v) is 26.0. The van der Waals surface area contributed by atoms with E-state index in [9.17, 15) is 63.0 Å². The van der Waals surface area contributed by atoms with Crippen LogP contribution < -0.4 is 15.4 Å². The van der Waals surface area contributed by atoms with Gasteiger partial charge >= 0.3 is 66.3 Å². The summed E-state index contributed by atoms with van der Waals surface area (Å²) >= 11 is 3.59. The number of methoxy groups -OCH3 is 7. The molecule has 5 fully saturated rings. The van der Waals surface area contributed by atoms with Crippen LogP contribution in [-0.2, 0) is 109 Å². The molecule has 5 heterocycles. The minimum Gasteiger partial charge on any atom is -0.481 e. The zero-order valence-electron chi connectivity index (χ0n) is 50.3. The number of aliphatic carboxylic acids is 2. The van der Waals surface area contributed by atoms with Crippen molar-refractivity contribution in [2.75, 3.05) is 130 Å². The van der Waals surface area contributed by atoms with Crippen molar-refractivity contribution < 1.29 is 154 Å². The van der Waals surface area contributed by atoms with E-state index in [1.54, 1.807) is 20.8 Å². The number of β-amino-alcohol motifs (C(OH)–C–C–N with tert-alkyl or cyclic N) is 2. The maximum absolute atomic E-state index is 11.8. The number of rotatable bonds is 21. The zero-order valence-corrected chi connectivity index (χ0v) is 52.8. The first-order valence-electron chi connectivity index (χ1n) is 25.6. The van der Waals surface area contributed by atoms with Crippen LogP contribution in [0.15, 0.2) is 0 Å². The van der Waals surface area contributed by atoms with Gasteiger partial charge in [0.1, 0.15) is 68.5 Å². The number of carboxylic acids is 2. The van der Waals surface area contributed by atoms with Crippen LogP contribution in [-0.4, -0.2) is 285 Å². The standard InChI is InChI=1S/C12H19NO8.C11H19NO5.C8H13NO6.C6H10O6.C5H7NO2.C4H9NO3S.C2H6O2.2ClH/c1-17-7-20-12(16)19-4-3-10(14)21-8-5-9(13-6-8)11(15)18-2;1-11(2,3)17-10(15)12-6-7(13)5-8(12)9(14)16-4;1-14-4-15-8(13)9-3-5(10)2-6(9)7(11)12;1-10-4-12-6(9)11-3-2-5(7)8;7-5-4-1-3(8-5)2-6-4;1-7-3-8-4(6)2-5-9;1-4-2-3;;/h8-9,13H,3-7H2,1-2H3;7-8,13H,5-6H2,1-4H3;5-6,10H,2-4H2,1H3,(H,11,12);2-4H2,1H3,(H,7,8);3-4,6H,1-2H2;5,9H,2-3H2,1H3;3H,2H2,1H3;2*1H/t8-,9-;7-,8-;5-,6-;;;;;;/m000....../s1. The van der Waals surface area contributed by atoms with Crippen LogP contribution in [0.25, 0.3) is 0 Å². The number of esters is 5. The third kappa shape index (κ3) is 41.9. The number of morpholine rings is 1. The first-order chi connectivity index (χ1) is 40.6. The molecule has 8 atom stereocenters. The van der Waals surface area contributed by atoms with Gasteiger partial charge in [0.05, 0.1) is 52.4 Å². The molecule has 0 aromatic rings. The fraction of sp³-hybridized carbons (Fsp3) is 0.771. The summed E-state index contributed by atoms with van der Waals surface area (Å²) in [5.74, 6) is -4.08. The van der Waals surface area contributed by atoms with Gasteiger partial charge < -0.3 is 112 Å². The Morgan fingerprint density at radius 2 is 1.11 bits per heavy atom. The smallest absolute Gasteiger partial charge is 0.481 e. The lowest BCUT2D eigenvalue weighted by Gasteiger charge is -2.27. The lowest BCUT2D eigenvalue weighted by Crippen LogP contribution is -2.43. The van der Waals surface area contributed by atoms with Crippen LogP contribution in [0.1, 0.15) is 59.3 Å². The van der Waals surface area contributed by atoms with Gasteiger partial charge in [0.2, 0.25) is 0 Å². The number of aliphatic hydroxyl groups excluding tert-OH is 3. The van der Waals surface area contributed by atoms with Crippen molar-refractivity contribution in [2.24, 2.45) is 0 Å². The number of ether oxygens (including phenoxy) is 16. The number of hydrogen-bond donors (Lipinski definition) is 9. The average Bonchev–Trinajstić information content (AvgIpc) is 3.16. The minimum atomic E-state index is -1.15. The Labute approximate surface area is 524 Å². The van der Waals surface area contributed by atoms with Crippen molar-refractivity contribution >= 4 is 104 Å². The Balaban J connectivity index is -0.000000484. The van der Waals surface area contributed by atoms with E-state index in [-0.39, 0.29) is 141 Å². The number of halogens is 2. The number of fused-ring (bicyclic) bond motifs is 2. The third-order valence-corrected chi connectivity index (χ3v) is 10.5. The Hall–Kier alpha value is -6.14. The van der Waals surface area contributed by atoms with Gasteiger partial charge in [-0.25, -0.2) is 28.8 Å². The van der Waals surface area contributed by atoms with Gasteiger partial charge in [-0.1, -0.05) is 12.8 Å². The average molecular weight is 1350 g/mol. The van der Waals surface area contributed by atoms with E-state index in [1.165, 1.54) is 54.7 Å². The van der Waals surface area contributed by atoms with E-state index in [0.717, 1.165) is 17.9 Å². The van der Waals surface area contributed by atoms with Crippen LogP contribution in [0, 0.1) is 0 Å². The summed E-state index contributed by atoms with van der Waals surface area (Å²) in [6.07, 6.45) is -3.87. The third-order valence-electron chi connectivity index (χ3n) is 10.4. The molecule has 0 aliphatic carbocycles. The maximum Gasteiger partial charge on any atom is 0.510 e. The summed E-state index contributed by atoms with van der Waals surface area (Å²) in [6, 6.07) is -2.22. The van der Waals surface area contributed by atoms with Crippen LogP contribution in [0.4, 0.5) is 19.2 Å². The SMILES string of the molecule is COC(=O)[C@@H]1C[C@H](O)CN1C(=O)OC(C)(C)C.COCO.COCOC(=O)CNS.COCOC(=O)N1C[C@@H](O)C[C@H]1C(=O)O.COCOC(=O)OCCC(=O)O.COCOC(=O)OCCC(=O)O[C@@H]1CN[C@H](C(=O)OC)C1.Cl.Cl.O=C1OC2CNC1C2. The Morgan fingerprint density at radius 3 is 1.52 bits per heavy atom. The zero-order chi connectivity index (χ0) is 65.8. The normalized spacial score (nSPS) is 20.4. The molecule has 40 heteroatoms. The van der Waals surface area contributed by atoms with E-state index < -0.39 is 96.4 Å². The molecular formula is C48H85Cl2N5O32S. The van der Waals surface area contributed by atoms with Crippen LogP contribution in [0.5, 0.6) is 0 Å². The van der Waals surface area contributed by atoms with Crippen molar-refractivity contribution in [1.29, 1.82) is 0 Å². The highest BCUT2D eigenvalue weighted by Crippen LogP contribution is 2.23. The summed E-state index contributed by atoms with van der Waals surface area (Å²) in [5.41, 5.74) is -0.634. The number of nitrogens with one attached hydrogen (secondary N) is 3. The molecule has 88 heavy (non-hydrogen) atoms. The number of amides is 2. The second-order valence-corrected chi connectivity index (χ2v) is 18.5. The fourth-order valence-corrected chi connectivity index (χ4v) is 6.82. The number of likely N-dealkylation sites (tertiary alicyclic amines) is 2. The molecule has 8 N–H and O–H groups in total. The summed E-state index contributed by atoms with van der Waals surface area (Å²) in [6.45, 7) is 5.42. The molecule has 0 saturated carbocycles. The minimum absolute atomic E-state index is 0. The fourth-order valence-electron chi connectivity index (χ4n) is 6.69. The topological polar surface area (TPSA) is 479 Å². The second-order valence-electron chi connectivity index (χ2n) is 18.2. The Kier molecular flexibility index (Phi) is 51.9. The molecule has 0 radical (unpaired) electrons. The molecule has 5 aliphatic heterocycles. The predicted octanol–water partition coefficient (Wildman–Crippen LogP) is -1.16. The van der Waals surface area contributed by atoms with Gasteiger partial charge in [0, 0.05) is 74.3 Å². The number of thiol groups is 1. The number of hydrogen-bond acceptors (Lipinski definition) is 34. The van der Waals surface area contributed by atoms with Gasteiger partial charge in [0.25, 0.3) is 0 Å². The van der Waals surface area contributed by atoms with E-state index in [2.05, 4.69) is 89.7 Å². The Bertz CT molecular complexity index is 2050. The van der Waals surface area contributed by atoms with E-state index in [0.29, 0.717) is 13.0 Å². The monoisotopic (exact) mass is 1350 g/mol. The van der Waals surface area contributed by atoms with Crippen molar-refractivity contribution in [3.63, 3.8) is 0 Å². The molecule has 2 unspecified atom stereocenters. The molecule has 514 valence electrons. The molecule has 5 saturated heterocycles. The predicted molar refractivity (Wildman–Crippen MR) is 300 cm³/mol. The number of carbonyl (C=O) groups is 11. The number of aliphatic hydroxyl groups is 3. The van der Waals surface area contributed by atoms with Crippen molar-refractivity contribution in [2.45, 2.75) is 113 Å². The highest BCUT2D eigenvalue weighted by Gasteiger charge is 2.43. The van der Waals surface area contributed by atoms with Gasteiger partial charge in [-0.3, -0.25) is 38.5 Å². The van der Waals surface area contributed by atoms with Gasteiger partial charge in [-0.15, -0.1) is 24.8 Å². The maximum atomic E-state index is 11.8. The Morgan fingerprint density at radius 1 is 0.625 bits per heavy atom. The highest BCUT2D eigenvalue weighted by atomic mass is 35.5. The molecule has 5 rings (SSSR count). The first kappa shape index (κ1) is 88.3. The quantitative estimate of drug-likeness (QED) is 0.0283. The summed E-state index contributed by atoms with van der Waals surface area (Å²) < 4.78 is 75.4. The van der Waals surface area contributed by atoms with Crippen molar-refractivity contribution in [1.82, 2.24) is 25.2 Å². The lowest BCUT2D eigenvalue weighted by molar-refractivity contribution is -0.152. The number of nitrogens with zero attached hydrogens (tertiary/aromatic N) is 2. The van der Waals surface area contributed by atoms with Gasteiger partial charge in [-0.05, 0) is 20.8 Å². The molecule has 0 aromatic heterocycles. The van der Waals surface area contributed by atoms with Crippen LogP contribution in [0.3, 0.4) is 0 Å². The molecule has 37 nitrogen and oxygen atoms in total. The molecule has 2 amide bonds. The molecule has 5 aliphatic rings. The lowest BCUT2D eigenvalue weighted by atomic mass is 10.2. The largest absolute Gasteiger partial charge is 0.510 e. The van der Waals surface area contributed by atoms with Crippen molar-refractivity contribution in [3.05, 3.63) is 0 Å². The van der Waals surface area contributed by atoms with Crippen LogP contribution in [0.2, 0.25) is 0 Å². The van der Waals surface area contributed by atoms with Crippen LogP contribution >= 0.6 is 37.6 Å². The molecule has 0 aromatic carbocycles. The van der Waals surface area contributed by atoms with Gasteiger partial charge in [-0.2, -0.15) is 0 Å². The van der Waals surface area contributed by atoms with Crippen molar-refractivity contribution in [3.8, 4) is 0 Å². The van der Waals surface area contributed by atoms with E-state index in [4.69, 9.17) is 29.5 Å². The summed E-state index contributed by atoms with van der Waals surface area (Å²) in [7, 11) is 9.48. The summed E-state index contributed by atoms with van der Waals surface area (Å²) in [4.78, 5) is 123. The molecular weight excluding hydrogens is 1260 g/mol. The van der Waals surface area contributed by atoms with E-state index >= 15 is 0 Å². The summed E-state index contributed by atoms with van der Waals surface area (Å²) in [5, 5.41) is 49.3.